The fourth-order valence-corrected chi connectivity index (χ4v) is 1.03. The van der Waals surface area contributed by atoms with Crippen LogP contribution < -0.4 is 15.2 Å². The molecule has 0 unspecified atom stereocenters. The summed E-state index contributed by atoms with van der Waals surface area (Å²) in [6.45, 7) is 0.230. The van der Waals surface area contributed by atoms with Gasteiger partial charge in [-0.2, -0.15) is 4.57 Å². The van der Waals surface area contributed by atoms with Crippen molar-refractivity contribution in [2.24, 2.45) is 5.73 Å². The van der Waals surface area contributed by atoms with Crippen molar-refractivity contribution in [2.45, 2.75) is 6.54 Å². The van der Waals surface area contributed by atoms with E-state index in [0.29, 0.717) is 0 Å². The van der Waals surface area contributed by atoms with E-state index >= 15 is 0 Å². The minimum atomic E-state index is -0.331. The molecule has 0 fully saturated rings. The molecule has 0 atom stereocenters. The number of anilines is 1. The molecule has 1 aromatic heterocycles. The first-order valence-electron chi connectivity index (χ1n) is 4.04. The Morgan fingerprint density at radius 2 is 2.00 bits per heavy atom. The summed E-state index contributed by atoms with van der Waals surface area (Å²) >= 11 is 0. The molecular weight excluding hydrogens is 166 g/mol. The van der Waals surface area contributed by atoms with Crippen LogP contribution in [0.1, 0.15) is 0 Å². The summed E-state index contributed by atoms with van der Waals surface area (Å²) in [6.07, 6.45) is 3.67. The number of carbonyl (C=O) groups excluding carboxylic acids is 1. The molecule has 0 bridgehead atoms. The molecule has 0 radical (unpaired) electrons. The molecule has 1 amide bonds. The van der Waals surface area contributed by atoms with E-state index in [0.717, 1.165) is 5.69 Å². The Balaban J connectivity index is 2.75. The Labute approximate surface area is 77.6 Å². The Bertz CT molecular complexity index is 292. The zero-order valence-electron chi connectivity index (χ0n) is 7.90. The first kappa shape index (κ1) is 9.51. The second kappa shape index (κ2) is 3.89. The lowest BCUT2D eigenvalue weighted by atomic mass is 10.4. The predicted molar refractivity (Wildman–Crippen MR) is 50.2 cm³/mol. The second-order valence-corrected chi connectivity index (χ2v) is 3.09. The zero-order valence-corrected chi connectivity index (χ0v) is 7.90. The summed E-state index contributed by atoms with van der Waals surface area (Å²) in [4.78, 5) is 12.6. The van der Waals surface area contributed by atoms with E-state index in [2.05, 4.69) is 0 Å². The molecule has 4 heteroatoms. The maximum atomic E-state index is 10.6. The van der Waals surface area contributed by atoms with Gasteiger partial charge in [0.05, 0.1) is 0 Å². The summed E-state index contributed by atoms with van der Waals surface area (Å²) in [7, 11) is 3.93. The molecule has 1 heterocycles. The van der Waals surface area contributed by atoms with Gasteiger partial charge >= 0.3 is 0 Å². The van der Waals surface area contributed by atoms with Crippen LogP contribution in [0.25, 0.3) is 0 Å². The molecule has 0 aliphatic heterocycles. The van der Waals surface area contributed by atoms with Crippen LogP contribution in [-0.4, -0.2) is 20.0 Å². The van der Waals surface area contributed by atoms with Crippen LogP contribution in [0.4, 0.5) is 5.69 Å². The van der Waals surface area contributed by atoms with Crippen molar-refractivity contribution in [3.8, 4) is 0 Å². The summed E-state index contributed by atoms with van der Waals surface area (Å²) < 4.78 is 1.75. The third-order valence-electron chi connectivity index (χ3n) is 1.73. The summed E-state index contributed by atoms with van der Waals surface area (Å²) in [6, 6.07) is 3.87. The van der Waals surface area contributed by atoms with Gasteiger partial charge in [0.15, 0.2) is 12.4 Å². The zero-order chi connectivity index (χ0) is 9.84. The normalized spacial score (nSPS) is 9.69. The molecule has 0 saturated heterocycles. The van der Waals surface area contributed by atoms with Crippen molar-refractivity contribution >= 4 is 11.6 Å². The third-order valence-corrected chi connectivity index (χ3v) is 1.73. The molecular formula is C9H14N3O+. The van der Waals surface area contributed by atoms with E-state index in [1.807, 2.05) is 43.5 Å². The molecule has 0 aliphatic carbocycles. The van der Waals surface area contributed by atoms with Gasteiger partial charge < -0.3 is 10.6 Å². The van der Waals surface area contributed by atoms with Gasteiger partial charge in [0.1, 0.15) is 0 Å². The number of primary amides is 1. The number of hydrogen-bond acceptors (Lipinski definition) is 2. The largest absolute Gasteiger partial charge is 0.377 e. The number of carbonyl (C=O) groups is 1. The van der Waals surface area contributed by atoms with Crippen LogP contribution in [0.3, 0.4) is 0 Å². The number of amides is 1. The first-order valence-corrected chi connectivity index (χ1v) is 4.04. The van der Waals surface area contributed by atoms with Crippen LogP contribution in [0.15, 0.2) is 24.5 Å². The van der Waals surface area contributed by atoms with E-state index in [-0.39, 0.29) is 12.5 Å². The van der Waals surface area contributed by atoms with Crippen molar-refractivity contribution < 1.29 is 9.36 Å². The average molecular weight is 180 g/mol. The Kier molecular flexibility index (Phi) is 2.84. The number of pyridine rings is 1. The van der Waals surface area contributed by atoms with Gasteiger partial charge in [0.25, 0.3) is 5.91 Å². The lowest BCUT2D eigenvalue weighted by Crippen LogP contribution is -2.40. The third kappa shape index (κ3) is 2.74. The number of nitrogens with two attached hydrogens (primary N) is 1. The predicted octanol–water partition coefficient (Wildman–Crippen LogP) is -0.475. The van der Waals surface area contributed by atoms with E-state index in [1.54, 1.807) is 4.57 Å². The number of nitrogens with zero attached hydrogens (tertiary/aromatic N) is 2. The molecule has 2 N–H and O–H groups in total. The number of hydrogen-bond donors (Lipinski definition) is 1. The van der Waals surface area contributed by atoms with E-state index in [1.165, 1.54) is 0 Å². The Morgan fingerprint density at radius 3 is 2.38 bits per heavy atom. The van der Waals surface area contributed by atoms with Crippen molar-refractivity contribution in [1.82, 2.24) is 0 Å². The van der Waals surface area contributed by atoms with Gasteiger partial charge in [0.2, 0.25) is 6.54 Å². The molecule has 0 aromatic carbocycles. The maximum absolute atomic E-state index is 10.6. The van der Waals surface area contributed by atoms with Crippen LogP contribution in [0.5, 0.6) is 0 Å². The highest BCUT2D eigenvalue weighted by atomic mass is 16.1. The fraction of sp³-hybridized carbons (Fsp3) is 0.333. The van der Waals surface area contributed by atoms with Crippen molar-refractivity contribution in [3.63, 3.8) is 0 Å². The number of rotatable bonds is 3. The van der Waals surface area contributed by atoms with Gasteiger partial charge in [0, 0.05) is 31.9 Å². The van der Waals surface area contributed by atoms with Gasteiger partial charge in [-0.1, -0.05) is 0 Å². The van der Waals surface area contributed by atoms with Gasteiger partial charge in [-0.25, -0.2) is 0 Å². The second-order valence-electron chi connectivity index (χ2n) is 3.09. The molecule has 13 heavy (non-hydrogen) atoms. The van der Waals surface area contributed by atoms with Gasteiger partial charge in [-0.3, -0.25) is 4.79 Å². The van der Waals surface area contributed by atoms with Crippen LogP contribution in [0, 0.1) is 0 Å². The van der Waals surface area contributed by atoms with E-state index < -0.39 is 0 Å². The molecule has 0 saturated carbocycles. The maximum Gasteiger partial charge on any atom is 0.283 e. The lowest BCUT2D eigenvalue weighted by Gasteiger charge is -2.10. The van der Waals surface area contributed by atoms with Gasteiger partial charge in [-0.15, -0.1) is 0 Å². The Morgan fingerprint density at radius 1 is 1.46 bits per heavy atom. The van der Waals surface area contributed by atoms with Gasteiger partial charge in [-0.05, 0) is 0 Å². The highest BCUT2D eigenvalue weighted by molar-refractivity contribution is 5.72. The van der Waals surface area contributed by atoms with Crippen molar-refractivity contribution in [3.05, 3.63) is 24.5 Å². The van der Waals surface area contributed by atoms with Crippen molar-refractivity contribution in [1.29, 1.82) is 0 Å². The topological polar surface area (TPSA) is 50.2 Å². The highest BCUT2D eigenvalue weighted by Gasteiger charge is 2.04. The molecule has 4 nitrogen and oxygen atoms in total. The fourth-order valence-electron chi connectivity index (χ4n) is 1.03. The lowest BCUT2D eigenvalue weighted by molar-refractivity contribution is -0.684. The summed E-state index contributed by atoms with van der Waals surface area (Å²) in [5, 5.41) is 0. The van der Waals surface area contributed by atoms with Crippen LogP contribution in [0.2, 0.25) is 0 Å². The minimum absolute atomic E-state index is 0.230. The first-order chi connectivity index (χ1) is 6.09. The van der Waals surface area contributed by atoms with E-state index in [9.17, 15) is 4.79 Å². The molecule has 0 aliphatic rings. The Hall–Kier alpha value is -1.58. The minimum Gasteiger partial charge on any atom is -0.377 e. The summed E-state index contributed by atoms with van der Waals surface area (Å²) in [5.41, 5.74) is 6.15. The molecule has 0 spiro atoms. The quantitative estimate of drug-likeness (QED) is 0.639. The standard InChI is InChI=1S/C9H13N3O/c1-11(2)8-3-5-12(6-4-8)7-9(10)13/h3-6H,7H2,1-2H3,(H-,10,13)/p+1. The molecule has 1 rings (SSSR count). The van der Waals surface area contributed by atoms with Crippen LogP contribution >= 0.6 is 0 Å². The smallest absolute Gasteiger partial charge is 0.283 e. The molecule has 1 aromatic rings. The monoisotopic (exact) mass is 180 g/mol. The van der Waals surface area contributed by atoms with Crippen LogP contribution in [-0.2, 0) is 11.3 Å². The molecule has 70 valence electrons. The van der Waals surface area contributed by atoms with E-state index in [4.69, 9.17) is 5.73 Å². The number of aromatic nitrogens is 1. The SMILES string of the molecule is CN(C)c1cc[n+](CC(N)=O)cc1. The summed E-state index contributed by atoms with van der Waals surface area (Å²) in [5.74, 6) is -0.331. The average Bonchev–Trinajstić information content (AvgIpc) is 2.04. The van der Waals surface area contributed by atoms with Crippen molar-refractivity contribution in [2.75, 3.05) is 19.0 Å². The highest BCUT2D eigenvalue weighted by Crippen LogP contribution is 2.05.